The van der Waals surface area contributed by atoms with Crippen LogP contribution in [-0.2, 0) is 4.74 Å². The standard InChI is InChI=1S/C20H19FN4OS/c1-13(12-26-2)24-20-23-10-18(27-20)14-9-16(15-5-3-4-6-17(15)21)19-22-7-8-25(19)11-14/h3-11,13H,12H2,1-2H3,(H,23,24). The molecule has 5 nitrogen and oxygen atoms in total. The van der Waals surface area contributed by atoms with E-state index in [1.807, 2.05) is 42.0 Å². The number of aromatic nitrogens is 3. The number of hydrogen-bond donors (Lipinski definition) is 1. The highest BCUT2D eigenvalue weighted by Crippen LogP contribution is 2.34. The molecule has 0 aliphatic carbocycles. The average Bonchev–Trinajstić information content (AvgIpc) is 3.30. The molecule has 138 valence electrons. The number of anilines is 1. The smallest absolute Gasteiger partial charge is 0.183 e. The van der Waals surface area contributed by atoms with Gasteiger partial charge in [0.2, 0.25) is 0 Å². The Kier molecular flexibility index (Phi) is 4.87. The second kappa shape index (κ2) is 7.46. The van der Waals surface area contributed by atoms with Crippen LogP contribution in [0.15, 0.2) is 55.1 Å². The van der Waals surface area contributed by atoms with Crippen molar-refractivity contribution in [2.24, 2.45) is 0 Å². The maximum atomic E-state index is 14.4. The fourth-order valence-electron chi connectivity index (χ4n) is 3.02. The van der Waals surface area contributed by atoms with Gasteiger partial charge in [0.25, 0.3) is 0 Å². The summed E-state index contributed by atoms with van der Waals surface area (Å²) in [6.45, 7) is 2.64. The van der Waals surface area contributed by atoms with Gasteiger partial charge in [-0.15, -0.1) is 0 Å². The predicted octanol–water partition coefficient (Wildman–Crippen LogP) is 4.71. The lowest BCUT2D eigenvalue weighted by Crippen LogP contribution is -2.20. The number of imidazole rings is 1. The highest BCUT2D eigenvalue weighted by molar-refractivity contribution is 7.18. The number of hydrogen-bond acceptors (Lipinski definition) is 5. The van der Waals surface area contributed by atoms with Gasteiger partial charge in [0.05, 0.1) is 11.5 Å². The topological polar surface area (TPSA) is 51.5 Å². The number of rotatable bonds is 6. The van der Waals surface area contributed by atoms with Crippen LogP contribution < -0.4 is 5.32 Å². The van der Waals surface area contributed by atoms with Gasteiger partial charge in [-0.05, 0) is 19.1 Å². The van der Waals surface area contributed by atoms with Crippen molar-refractivity contribution in [3.05, 3.63) is 60.9 Å². The maximum Gasteiger partial charge on any atom is 0.183 e. The number of nitrogens with zero attached hydrogens (tertiary/aromatic N) is 3. The van der Waals surface area contributed by atoms with Crippen molar-refractivity contribution in [1.82, 2.24) is 14.4 Å². The predicted molar refractivity (Wildman–Crippen MR) is 107 cm³/mol. The van der Waals surface area contributed by atoms with Crippen molar-refractivity contribution >= 4 is 22.1 Å². The maximum absolute atomic E-state index is 14.4. The van der Waals surface area contributed by atoms with E-state index >= 15 is 0 Å². The first-order valence-electron chi connectivity index (χ1n) is 8.59. The zero-order valence-electron chi connectivity index (χ0n) is 15.0. The molecule has 7 heteroatoms. The van der Waals surface area contributed by atoms with Gasteiger partial charge in [0, 0.05) is 54.6 Å². The zero-order valence-corrected chi connectivity index (χ0v) is 15.8. The number of methoxy groups -OCH3 is 1. The van der Waals surface area contributed by atoms with E-state index in [4.69, 9.17) is 4.74 Å². The molecule has 0 aliphatic rings. The molecule has 1 unspecified atom stereocenters. The summed E-state index contributed by atoms with van der Waals surface area (Å²) < 4.78 is 21.5. The molecule has 1 atom stereocenters. The Morgan fingerprint density at radius 3 is 2.93 bits per heavy atom. The molecule has 27 heavy (non-hydrogen) atoms. The number of fused-ring (bicyclic) bond motifs is 1. The first-order valence-corrected chi connectivity index (χ1v) is 9.40. The van der Waals surface area contributed by atoms with Crippen molar-refractivity contribution in [2.75, 3.05) is 19.0 Å². The molecule has 1 N–H and O–H groups in total. The SMILES string of the molecule is COCC(C)Nc1ncc(-c2cc(-c3ccccc3F)c3nccn3c2)s1. The molecule has 0 aliphatic heterocycles. The van der Waals surface area contributed by atoms with Crippen LogP contribution in [0.25, 0.3) is 27.2 Å². The first kappa shape index (κ1) is 17.6. The van der Waals surface area contributed by atoms with Crippen LogP contribution in [0.5, 0.6) is 0 Å². The molecule has 1 aromatic carbocycles. The molecule has 4 rings (SSSR count). The second-order valence-corrected chi connectivity index (χ2v) is 7.34. The fraction of sp³-hybridized carbons (Fsp3) is 0.200. The van der Waals surface area contributed by atoms with Crippen LogP contribution in [0.4, 0.5) is 9.52 Å². The third-order valence-corrected chi connectivity index (χ3v) is 5.21. The number of pyridine rings is 1. The molecule has 0 saturated heterocycles. The van der Waals surface area contributed by atoms with Gasteiger partial charge in [0.15, 0.2) is 5.13 Å². The lowest BCUT2D eigenvalue weighted by Gasteiger charge is -2.10. The summed E-state index contributed by atoms with van der Waals surface area (Å²) in [4.78, 5) is 9.84. The zero-order chi connectivity index (χ0) is 18.8. The van der Waals surface area contributed by atoms with E-state index in [-0.39, 0.29) is 11.9 Å². The quantitative estimate of drug-likeness (QED) is 0.525. The number of thiazole rings is 1. The summed E-state index contributed by atoms with van der Waals surface area (Å²) in [6.07, 6.45) is 7.40. The lowest BCUT2D eigenvalue weighted by atomic mass is 10.0. The van der Waals surface area contributed by atoms with Crippen LogP contribution >= 0.6 is 11.3 Å². The Hall–Kier alpha value is -2.77. The van der Waals surface area contributed by atoms with Crippen LogP contribution in [0, 0.1) is 5.82 Å². The van der Waals surface area contributed by atoms with E-state index in [1.54, 1.807) is 36.8 Å². The van der Waals surface area contributed by atoms with Gasteiger partial charge in [-0.1, -0.05) is 29.5 Å². The highest BCUT2D eigenvalue weighted by Gasteiger charge is 2.14. The van der Waals surface area contributed by atoms with Crippen molar-refractivity contribution in [3.63, 3.8) is 0 Å². The number of ether oxygens (including phenoxy) is 1. The molecule has 0 bridgehead atoms. The summed E-state index contributed by atoms with van der Waals surface area (Å²) >= 11 is 1.55. The summed E-state index contributed by atoms with van der Waals surface area (Å²) in [6, 6.07) is 8.89. The third-order valence-electron chi connectivity index (χ3n) is 4.23. The molecular weight excluding hydrogens is 363 g/mol. The molecular formula is C20H19FN4OS. The monoisotopic (exact) mass is 382 g/mol. The Balaban J connectivity index is 1.76. The van der Waals surface area contributed by atoms with Gasteiger partial charge >= 0.3 is 0 Å². The van der Waals surface area contributed by atoms with E-state index < -0.39 is 0 Å². The summed E-state index contributed by atoms with van der Waals surface area (Å²) in [5, 5.41) is 4.15. The van der Waals surface area contributed by atoms with Crippen LogP contribution in [0.3, 0.4) is 0 Å². The average molecular weight is 382 g/mol. The highest BCUT2D eigenvalue weighted by atomic mass is 32.1. The van der Waals surface area contributed by atoms with Gasteiger partial charge in [-0.3, -0.25) is 0 Å². The number of nitrogens with one attached hydrogen (secondary N) is 1. The molecule has 3 aromatic heterocycles. The van der Waals surface area contributed by atoms with Gasteiger partial charge in [-0.25, -0.2) is 14.4 Å². The van der Waals surface area contributed by atoms with Crippen molar-refractivity contribution in [3.8, 4) is 21.6 Å². The van der Waals surface area contributed by atoms with E-state index in [2.05, 4.69) is 15.3 Å². The van der Waals surface area contributed by atoms with Crippen LogP contribution in [0.1, 0.15) is 6.92 Å². The largest absolute Gasteiger partial charge is 0.383 e. The molecule has 0 radical (unpaired) electrons. The van der Waals surface area contributed by atoms with Gasteiger partial charge in [-0.2, -0.15) is 0 Å². The van der Waals surface area contributed by atoms with Crippen LogP contribution in [-0.4, -0.2) is 34.1 Å². The summed E-state index contributed by atoms with van der Waals surface area (Å²) in [5.41, 5.74) is 2.97. The van der Waals surface area contributed by atoms with Crippen molar-refractivity contribution < 1.29 is 9.13 Å². The number of halogens is 1. The van der Waals surface area contributed by atoms with E-state index in [9.17, 15) is 4.39 Å². The fourth-order valence-corrected chi connectivity index (χ4v) is 3.93. The first-order chi connectivity index (χ1) is 13.2. The van der Waals surface area contributed by atoms with E-state index in [0.29, 0.717) is 12.2 Å². The van der Waals surface area contributed by atoms with E-state index in [0.717, 1.165) is 26.8 Å². The van der Waals surface area contributed by atoms with E-state index in [1.165, 1.54) is 6.07 Å². The molecule has 0 saturated carbocycles. The normalized spacial score (nSPS) is 12.4. The molecule has 0 spiro atoms. The summed E-state index contributed by atoms with van der Waals surface area (Å²) in [7, 11) is 1.68. The molecule has 0 amide bonds. The Labute approximate surface area is 160 Å². The van der Waals surface area contributed by atoms with Gasteiger partial charge < -0.3 is 14.5 Å². The third kappa shape index (κ3) is 3.56. The van der Waals surface area contributed by atoms with Crippen molar-refractivity contribution in [1.29, 1.82) is 0 Å². The van der Waals surface area contributed by atoms with Crippen LogP contribution in [0.2, 0.25) is 0 Å². The minimum Gasteiger partial charge on any atom is -0.383 e. The molecule has 0 fully saturated rings. The Bertz CT molecular complexity index is 1070. The molecule has 4 aromatic rings. The second-order valence-electron chi connectivity index (χ2n) is 6.31. The molecule has 3 heterocycles. The minimum absolute atomic E-state index is 0.166. The lowest BCUT2D eigenvalue weighted by molar-refractivity contribution is 0.190. The Morgan fingerprint density at radius 2 is 2.11 bits per heavy atom. The van der Waals surface area contributed by atoms with Gasteiger partial charge in [0.1, 0.15) is 11.5 Å². The summed E-state index contributed by atoms with van der Waals surface area (Å²) in [5.74, 6) is -0.264. The number of benzene rings is 1. The Morgan fingerprint density at radius 1 is 1.26 bits per heavy atom. The minimum atomic E-state index is -0.264. The van der Waals surface area contributed by atoms with Crippen molar-refractivity contribution in [2.45, 2.75) is 13.0 Å².